The van der Waals surface area contributed by atoms with E-state index in [2.05, 4.69) is 27.3 Å². The van der Waals surface area contributed by atoms with E-state index in [4.69, 9.17) is 0 Å². The van der Waals surface area contributed by atoms with Gasteiger partial charge < -0.3 is 10.4 Å². The summed E-state index contributed by atoms with van der Waals surface area (Å²) in [5, 5.41) is 12.9. The lowest BCUT2D eigenvalue weighted by Crippen LogP contribution is -2.32. The number of aliphatic hydroxyl groups excluding tert-OH is 1. The molecule has 0 spiro atoms. The normalized spacial score (nSPS) is 19.6. The molecule has 1 saturated carbocycles. The Kier molecular flexibility index (Phi) is 4.20. The largest absolute Gasteiger partial charge is 0.394 e. The van der Waals surface area contributed by atoms with Crippen LogP contribution in [0.15, 0.2) is 15.9 Å². The predicted octanol–water partition coefficient (Wildman–Crippen LogP) is 3.08. The Bertz CT molecular complexity index is 309. The summed E-state index contributed by atoms with van der Waals surface area (Å²) in [5.74, 6) is 0. The second kappa shape index (κ2) is 5.43. The van der Waals surface area contributed by atoms with Crippen molar-refractivity contribution in [1.29, 1.82) is 0 Å². The monoisotopic (exact) mass is 289 g/mol. The Morgan fingerprint density at radius 2 is 2.20 bits per heavy atom. The maximum absolute atomic E-state index is 9.38. The van der Waals surface area contributed by atoms with Gasteiger partial charge in [0.25, 0.3) is 0 Å². The first-order chi connectivity index (χ1) is 7.29. The molecular formula is C11H16BrNOS. The van der Waals surface area contributed by atoms with E-state index in [-0.39, 0.29) is 12.6 Å². The zero-order chi connectivity index (χ0) is 10.7. The minimum absolute atomic E-state index is 0.115. The van der Waals surface area contributed by atoms with Gasteiger partial charge in [0.15, 0.2) is 0 Å². The van der Waals surface area contributed by atoms with Gasteiger partial charge in [-0.05, 0) is 40.9 Å². The van der Waals surface area contributed by atoms with Crippen LogP contribution in [0, 0.1) is 0 Å². The van der Waals surface area contributed by atoms with Gasteiger partial charge in [-0.2, -0.15) is 0 Å². The molecule has 2 N–H and O–H groups in total. The van der Waals surface area contributed by atoms with Crippen LogP contribution >= 0.6 is 27.3 Å². The van der Waals surface area contributed by atoms with Crippen molar-refractivity contribution in [2.75, 3.05) is 6.61 Å². The molecule has 1 aromatic rings. The van der Waals surface area contributed by atoms with Gasteiger partial charge in [-0.1, -0.05) is 12.8 Å². The van der Waals surface area contributed by atoms with Crippen LogP contribution in [-0.4, -0.2) is 17.8 Å². The summed E-state index contributed by atoms with van der Waals surface area (Å²) in [6.45, 7) is 0.184. The van der Waals surface area contributed by atoms with Gasteiger partial charge in [-0.15, -0.1) is 11.3 Å². The average Bonchev–Trinajstić information content (AvgIpc) is 2.85. The van der Waals surface area contributed by atoms with Crippen molar-refractivity contribution in [1.82, 2.24) is 5.32 Å². The van der Waals surface area contributed by atoms with E-state index >= 15 is 0 Å². The summed E-state index contributed by atoms with van der Waals surface area (Å²) in [7, 11) is 0. The highest BCUT2D eigenvalue weighted by Crippen LogP contribution is 2.29. The molecule has 1 aliphatic carbocycles. The minimum atomic E-state index is 0.115. The molecular weight excluding hydrogens is 274 g/mol. The summed E-state index contributed by atoms with van der Waals surface area (Å²) in [6.07, 6.45) is 5.15. The van der Waals surface area contributed by atoms with Gasteiger partial charge >= 0.3 is 0 Å². The number of nitrogens with one attached hydrogen (secondary N) is 1. The Balaban J connectivity index is 1.97. The summed E-state index contributed by atoms with van der Waals surface area (Å²) in [4.78, 5) is 1.22. The smallest absolute Gasteiger partial charge is 0.0702 e. The third kappa shape index (κ3) is 3.03. The van der Waals surface area contributed by atoms with Gasteiger partial charge in [0.2, 0.25) is 0 Å². The van der Waals surface area contributed by atoms with Crippen LogP contribution in [0.5, 0.6) is 0 Å². The van der Waals surface area contributed by atoms with Crippen LogP contribution in [0.2, 0.25) is 0 Å². The third-order valence-electron chi connectivity index (χ3n) is 2.91. The average molecular weight is 290 g/mol. The summed E-state index contributed by atoms with van der Waals surface area (Å²) >= 11 is 5.15. The standard InChI is InChI=1S/C11H16BrNOS/c12-11-6-5-10(15-11)9(7-14)13-8-3-1-2-4-8/h5-6,8-9,13-14H,1-4,7H2. The summed E-state index contributed by atoms with van der Waals surface area (Å²) < 4.78 is 1.13. The molecule has 1 aromatic heterocycles. The molecule has 1 aliphatic rings. The molecule has 0 amide bonds. The van der Waals surface area contributed by atoms with Gasteiger partial charge in [0.1, 0.15) is 0 Å². The lowest BCUT2D eigenvalue weighted by Gasteiger charge is -2.19. The topological polar surface area (TPSA) is 32.3 Å². The van der Waals surface area contributed by atoms with E-state index < -0.39 is 0 Å². The van der Waals surface area contributed by atoms with E-state index in [0.717, 1.165) is 3.79 Å². The Hall–Kier alpha value is 0.1000. The summed E-state index contributed by atoms with van der Waals surface area (Å²) in [6, 6.07) is 4.84. The number of aliphatic hydroxyl groups is 1. The van der Waals surface area contributed by atoms with E-state index in [1.807, 2.05) is 6.07 Å². The van der Waals surface area contributed by atoms with Crippen LogP contribution < -0.4 is 5.32 Å². The lowest BCUT2D eigenvalue weighted by atomic mass is 10.2. The van der Waals surface area contributed by atoms with Crippen molar-refractivity contribution < 1.29 is 5.11 Å². The molecule has 15 heavy (non-hydrogen) atoms. The van der Waals surface area contributed by atoms with Crippen molar-refractivity contribution in [3.8, 4) is 0 Å². The van der Waals surface area contributed by atoms with Crippen molar-refractivity contribution in [3.05, 3.63) is 20.8 Å². The van der Waals surface area contributed by atoms with E-state index in [1.54, 1.807) is 11.3 Å². The molecule has 0 saturated heterocycles. The van der Waals surface area contributed by atoms with Crippen molar-refractivity contribution in [3.63, 3.8) is 0 Å². The van der Waals surface area contributed by atoms with E-state index in [9.17, 15) is 5.11 Å². The molecule has 1 heterocycles. The highest BCUT2D eigenvalue weighted by Gasteiger charge is 2.20. The number of hydrogen-bond donors (Lipinski definition) is 2. The Morgan fingerprint density at radius 1 is 1.47 bits per heavy atom. The molecule has 1 atom stereocenters. The number of thiophene rings is 1. The Labute approximate surface area is 103 Å². The van der Waals surface area contributed by atoms with Crippen LogP contribution in [-0.2, 0) is 0 Å². The minimum Gasteiger partial charge on any atom is -0.394 e. The zero-order valence-electron chi connectivity index (χ0n) is 8.58. The predicted molar refractivity (Wildman–Crippen MR) is 67.2 cm³/mol. The highest BCUT2D eigenvalue weighted by molar-refractivity contribution is 9.11. The molecule has 2 rings (SSSR count). The first kappa shape index (κ1) is 11.6. The molecule has 4 heteroatoms. The fraction of sp³-hybridized carbons (Fsp3) is 0.636. The molecule has 84 valence electrons. The number of hydrogen-bond acceptors (Lipinski definition) is 3. The van der Waals surface area contributed by atoms with Crippen LogP contribution in [0.25, 0.3) is 0 Å². The van der Waals surface area contributed by atoms with Crippen molar-refractivity contribution in [2.24, 2.45) is 0 Å². The maximum Gasteiger partial charge on any atom is 0.0702 e. The molecule has 0 aliphatic heterocycles. The van der Waals surface area contributed by atoms with Crippen molar-refractivity contribution >= 4 is 27.3 Å². The molecule has 1 unspecified atom stereocenters. The quantitative estimate of drug-likeness (QED) is 0.893. The van der Waals surface area contributed by atoms with Gasteiger partial charge in [-0.25, -0.2) is 0 Å². The van der Waals surface area contributed by atoms with Crippen molar-refractivity contribution in [2.45, 2.75) is 37.8 Å². The van der Waals surface area contributed by atoms with Gasteiger partial charge in [0, 0.05) is 10.9 Å². The fourth-order valence-electron chi connectivity index (χ4n) is 2.12. The molecule has 1 fully saturated rings. The van der Waals surface area contributed by atoms with Gasteiger partial charge in [-0.3, -0.25) is 0 Å². The molecule has 0 bridgehead atoms. The zero-order valence-corrected chi connectivity index (χ0v) is 11.0. The fourth-order valence-corrected chi connectivity index (χ4v) is 3.59. The number of halogens is 1. The number of rotatable bonds is 4. The van der Waals surface area contributed by atoms with E-state index in [0.29, 0.717) is 6.04 Å². The van der Waals surface area contributed by atoms with Crippen LogP contribution in [0.4, 0.5) is 0 Å². The second-order valence-electron chi connectivity index (χ2n) is 4.03. The highest BCUT2D eigenvalue weighted by atomic mass is 79.9. The lowest BCUT2D eigenvalue weighted by molar-refractivity contribution is 0.235. The van der Waals surface area contributed by atoms with Gasteiger partial charge in [0.05, 0.1) is 16.4 Å². The molecule has 0 radical (unpaired) electrons. The molecule has 2 nitrogen and oxygen atoms in total. The first-order valence-corrected chi connectivity index (χ1v) is 7.02. The SMILES string of the molecule is OCC(NC1CCCC1)c1ccc(Br)s1. The van der Waals surface area contributed by atoms with Crippen LogP contribution in [0.1, 0.15) is 36.6 Å². The Morgan fingerprint density at radius 3 is 2.73 bits per heavy atom. The maximum atomic E-state index is 9.38. The third-order valence-corrected chi connectivity index (χ3v) is 4.65. The second-order valence-corrected chi connectivity index (χ2v) is 6.52. The molecule has 0 aromatic carbocycles. The van der Waals surface area contributed by atoms with Crippen LogP contribution in [0.3, 0.4) is 0 Å². The summed E-state index contributed by atoms with van der Waals surface area (Å²) in [5.41, 5.74) is 0. The first-order valence-electron chi connectivity index (χ1n) is 5.41. The van der Waals surface area contributed by atoms with E-state index in [1.165, 1.54) is 30.6 Å².